The van der Waals surface area contributed by atoms with Gasteiger partial charge in [0, 0.05) is 10.8 Å². The van der Waals surface area contributed by atoms with Crippen molar-refractivity contribution in [3.8, 4) is 11.3 Å². The van der Waals surface area contributed by atoms with Crippen LogP contribution in [0.25, 0.3) is 33.1 Å². The number of aromatic nitrogens is 2. The Kier molecular flexibility index (Phi) is 2.81. The lowest BCUT2D eigenvalue weighted by atomic mass is 10.0. The van der Waals surface area contributed by atoms with Gasteiger partial charge in [0.25, 0.3) is 5.52 Å². The van der Waals surface area contributed by atoms with Gasteiger partial charge < -0.3 is 5.21 Å². The fraction of sp³-hybridized carbons (Fsp3) is 0. The van der Waals surface area contributed by atoms with E-state index in [4.69, 9.17) is 0 Å². The van der Waals surface area contributed by atoms with E-state index in [9.17, 15) is 15.2 Å². The average Bonchev–Trinajstić information content (AvgIpc) is 2.60. The van der Waals surface area contributed by atoms with Crippen LogP contribution in [-0.4, -0.2) is 15.1 Å². The molecule has 3 aromatic carbocycles. The third-order valence-electron chi connectivity index (χ3n) is 3.99. The fourth-order valence-electron chi connectivity index (χ4n) is 2.90. The van der Waals surface area contributed by atoms with Crippen LogP contribution >= 0.6 is 0 Å². The van der Waals surface area contributed by atoms with E-state index in [0.717, 1.165) is 15.5 Å². The second-order valence-electron chi connectivity index (χ2n) is 5.29. The summed E-state index contributed by atoms with van der Waals surface area (Å²) in [4.78, 5) is 12.6. The van der Waals surface area contributed by atoms with Gasteiger partial charge >= 0.3 is 11.3 Å². The summed E-state index contributed by atoms with van der Waals surface area (Å²) in [7, 11) is 0. The van der Waals surface area contributed by atoms with E-state index in [1.807, 2.05) is 36.4 Å². The molecule has 0 amide bonds. The number of para-hydroxylation sites is 2. The molecular formula is C18H13N2O3+. The van der Waals surface area contributed by atoms with Crippen molar-refractivity contribution in [2.45, 2.75) is 0 Å². The lowest BCUT2D eigenvalue weighted by molar-refractivity contribution is -0.876. The highest BCUT2D eigenvalue weighted by Gasteiger charge is 2.27. The van der Waals surface area contributed by atoms with Crippen molar-refractivity contribution in [1.29, 1.82) is 0 Å². The summed E-state index contributed by atoms with van der Waals surface area (Å²) in [5.41, 5.74) is 0.483. The first kappa shape index (κ1) is 13.3. The van der Waals surface area contributed by atoms with Crippen LogP contribution < -0.4 is 10.3 Å². The van der Waals surface area contributed by atoms with E-state index in [2.05, 4.69) is 0 Å². The Morgan fingerprint density at radius 2 is 1.57 bits per heavy atom. The number of fused-ring (bicyclic) bond motifs is 2. The smallest absolute Gasteiger partial charge is 0.361 e. The van der Waals surface area contributed by atoms with Crippen LogP contribution in [0.3, 0.4) is 0 Å². The van der Waals surface area contributed by atoms with E-state index >= 15 is 0 Å². The first-order chi connectivity index (χ1) is 11.2. The third kappa shape index (κ3) is 1.87. The Balaban J connectivity index is 2.20. The maximum Gasteiger partial charge on any atom is 0.361 e. The molecule has 0 saturated heterocycles. The monoisotopic (exact) mass is 305 g/mol. The van der Waals surface area contributed by atoms with E-state index in [-0.39, 0.29) is 11.2 Å². The zero-order valence-electron chi connectivity index (χ0n) is 12.0. The molecule has 112 valence electrons. The molecule has 4 rings (SSSR count). The second kappa shape index (κ2) is 4.84. The average molecular weight is 305 g/mol. The van der Waals surface area contributed by atoms with Crippen LogP contribution in [0.4, 0.5) is 0 Å². The molecule has 0 bridgehead atoms. The van der Waals surface area contributed by atoms with Crippen molar-refractivity contribution in [1.82, 2.24) is 4.73 Å². The number of hydrogen-bond donors (Lipinski definition) is 2. The normalized spacial score (nSPS) is 11.1. The number of rotatable bonds is 1. The first-order valence-corrected chi connectivity index (χ1v) is 7.15. The summed E-state index contributed by atoms with van der Waals surface area (Å²) in [5, 5.41) is 22.5. The maximum atomic E-state index is 12.6. The minimum atomic E-state index is -0.678. The SMILES string of the molecule is O=c1c(-c2cccc3ccccc23)[n+](O)c2ccccc2n1O. The van der Waals surface area contributed by atoms with Gasteiger partial charge in [-0.15, -0.1) is 4.73 Å². The first-order valence-electron chi connectivity index (χ1n) is 7.15. The Hall–Kier alpha value is -3.34. The molecule has 23 heavy (non-hydrogen) atoms. The van der Waals surface area contributed by atoms with Crippen molar-refractivity contribution < 1.29 is 15.1 Å². The number of benzene rings is 3. The molecule has 0 unspecified atom stereocenters. The van der Waals surface area contributed by atoms with E-state index in [1.165, 1.54) is 0 Å². The highest BCUT2D eigenvalue weighted by molar-refractivity contribution is 5.95. The molecule has 4 aromatic rings. The zero-order valence-corrected chi connectivity index (χ0v) is 12.0. The third-order valence-corrected chi connectivity index (χ3v) is 3.99. The number of nitrogens with zero attached hydrogens (tertiary/aromatic N) is 2. The highest BCUT2D eigenvalue weighted by Crippen LogP contribution is 2.25. The van der Waals surface area contributed by atoms with E-state index in [1.54, 1.807) is 30.3 Å². The van der Waals surface area contributed by atoms with Crippen molar-refractivity contribution in [2.24, 2.45) is 0 Å². The van der Waals surface area contributed by atoms with Gasteiger partial charge in [-0.2, -0.15) is 0 Å². The van der Waals surface area contributed by atoms with Crippen LogP contribution in [0.2, 0.25) is 0 Å². The quantitative estimate of drug-likeness (QED) is 0.419. The summed E-state index contributed by atoms with van der Waals surface area (Å²) >= 11 is 0. The van der Waals surface area contributed by atoms with Gasteiger partial charge in [0.05, 0.1) is 5.56 Å². The summed E-state index contributed by atoms with van der Waals surface area (Å²) in [5.74, 6) is 0. The Bertz CT molecular complexity index is 1110. The topological polar surface area (TPSA) is 66.3 Å². The molecule has 0 saturated carbocycles. The lowest BCUT2D eigenvalue weighted by Crippen LogP contribution is -2.42. The molecule has 0 aliphatic heterocycles. The lowest BCUT2D eigenvalue weighted by Gasteiger charge is -2.06. The zero-order chi connectivity index (χ0) is 16.0. The van der Waals surface area contributed by atoms with Crippen molar-refractivity contribution in [3.05, 3.63) is 77.1 Å². The minimum Gasteiger partial charge on any atom is -0.424 e. The molecule has 0 aliphatic rings. The molecular weight excluding hydrogens is 292 g/mol. The molecule has 5 nitrogen and oxygen atoms in total. The molecule has 0 spiro atoms. The van der Waals surface area contributed by atoms with Crippen LogP contribution in [0.5, 0.6) is 0 Å². The Labute approximate surface area is 130 Å². The fourth-order valence-corrected chi connectivity index (χ4v) is 2.90. The predicted octanol–water partition coefficient (Wildman–Crippen LogP) is 2.58. The van der Waals surface area contributed by atoms with Crippen LogP contribution in [-0.2, 0) is 0 Å². The molecule has 0 radical (unpaired) electrons. The molecule has 0 atom stereocenters. The van der Waals surface area contributed by atoms with Crippen molar-refractivity contribution in [3.63, 3.8) is 0 Å². The molecule has 2 N–H and O–H groups in total. The van der Waals surface area contributed by atoms with Gasteiger partial charge in [-0.3, -0.25) is 10.0 Å². The van der Waals surface area contributed by atoms with E-state index in [0.29, 0.717) is 15.8 Å². The Morgan fingerprint density at radius 3 is 2.43 bits per heavy atom. The highest BCUT2D eigenvalue weighted by atomic mass is 16.5. The van der Waals surface area contributed by atoms with Crippen LogP contribution in [0.1, 0.15) is 0 Å². The minimum absolute atomic E-state index is 0.0167. The number of hydrogen-bond acceptors (Lipinski definition) is 3. The molecule has 0 fully saturated rings. The molecule has 1 heterocycles. The van der Waals surface area contributed by atoms with Crippen LogP contribution in [0.15, 0.2) is 71.5 Å². The summed E-state index contributed by atoms with van der Waals surface area (Å²) in [6.07, 6.45) is 0. The van der Waals surface area contributed by atoms with Gasteiger partial charge in [0.1, 0.15) is 0 Å². The van der Waals surface area contributed by atoms with Crippen molar-refractivity contribution >= 4 is 21.8 Å². The molecule has 1 aromatic heterocycles. The van der Waals surface area contributed by atoms with Gasteiger partial charge in [-0.05, 0) is 22.9 Å². The standard InChI is InChI=1S/C18H13N2O3/c21-18-17(14-9-5-7-12-6-1-2-8-13(12)14)19(22)15-10-3-4-11-16(15)20(18)23/h1-11,22-23H/q+1. The largest absolute Gasteiger partial charge is 0.424 e. The van der Waals surface area contributed by atoms with E-state index < -0.39 is 5.56 Å². The van der Waals surface area contributed by atoms with Gasteiger partial charge in [0.15, 0.2) is 5.52 Å². The summed E-state index contributed by atoms with van der Waals surface area (Å²) < 4.78 is 1.41. The maximum absolute atomic E-state index is 12.6. The van der Waals surface area contributed by atoms with Gasteiger partial charge in [-0.25, -0.2) is 0 Å². The van der Waals surface area contributed by atoms with Gasteiger partial charge in [-0.1, -0.05) is 48.5 Å². The second-order valence-corrected chi connectivity index (χ2v) is 5.29. The summed E-state index contributed by atoms with van der Waals surface area (Å²) in [6.45, 7) is 0. The summed E-state index contributed by atoms with van der Waals surface area (Å²) in [6, 6.07) is 19.7. The van der Waals surface area contributed by atoms with Crippen LogP contribution in [0, 0.1) is 0 Å². The van der Waals surface area contributed by atoms with Crippen molar-refractivity contribution in [2.75, 3.05) is 0 Å². The Morgan fingerprint density at radius 1 is 0.870 bits per heavy atom. The molecule has 5 heteroatoms. The van der Waals surface area contributed by atoms with Gasteiger partial charge in [0.2, 0.25) is 0 Å². The molecule has 0 aliphatic carbocycles. The predicted molar refractivity (Wildman–Crippen MR) is 85.7 cm³/mol.